The first-order valence-corrected chi connectivity index (χ1v) is 5.77. The Morgan fingerprint density at radius 1 is 1.37 bits per heavy atom. The highest BCUT2D eigenvalue weighted by Gasteiger charge is 2.15. The topological polar surface area (TPSA) is 98.9 Å². The van der Waals surface area contributed by atoms with E-state index >= 15 is 0 Å². The second-order valence-electron chi connectivity index (χ2n) is 3.96. The quantitative estimate of drug-likeness (QED) is 0.710. The Bertz CT molecular complexity index is 744. The van der Waals surface area contributed by atoms with E-state index in [1.807, 2.05) is 19.1 Å². The molecule has 19 heavy (non-hydrogen) atoms. The predicted molar refractivity (Wildman–Crippen MR) is 71.6 cm³/mol. The number of H-pyrrole nitrogens is 1. The van der Waals surface area contributed by atoms with Gasteiger partial charge in [-0.15, -0.1) is 0 Å². The molecular weight excluding hydrogens is 246 g/mol. The van der Waals surface area contributed by atoms with Gasteiger partial charge < -0.3 is 10.5 Å². The summed E-state index contributed by atoms with van der Waals surface area (Å²) in [5.74, 6) is -0.523. The highest BCUT2D eigenvalue weighted by atomic mass is 16.3. The number of benzene rings is 1. The smallest absolute Gasteiger partial charge is 0.335 e. The molecule has 2 aromatic rings. The van der Waals surface area contributed by atoms with Crippen LogP contribution in [0.4, 0.5) is 0 Å². The summed E-state index contributed by atoms with van der Waals surface area (Å²) in [6.45, 7) is 1.92. The van der Waals surface area contributed by atoms with Crippen molar-refractivity contribution in [3.63, 3.8) is 0 Å². The van der Waals surface area contributed by atoms with Gasteiger partial charge in [0, 0.05) is 6.21 Å². The average Bonchev–Trinajstić information content (AvgIpc) is 2.39. The zero-order chi connectivity index (χ0) is 14.0. The Morgan fingerprint density at radius 3 is 2.68 bits per heavy atom. The number of para-hydroxylation sites is 1. The van der Waals surface area contributed by atoms with Crippen LogP contribution >= 0.6 is 0 Å². The minimum atomic E-state index is -0.775. The Morgan fingerprint density at radius 2 is 2.05 bits per heavy atom. The molecule has 0 aliphatic rings. The SMILES string of the molecule is CCc1ccccc1-n1c(O)c(C=N)c(=O)[nH]c1=O. The molecule has 1 heterocycles. The summed E-state index contributed by atoms with van der Waals surface area (Å²) in [7, 11) is 0. The van der Waals surface area contributed by atoms with Crippen molar-refractivity contribution in [3.05, 3.63) is 56.2 Å². The van der Waals surface area contributed by atoms with E-state index in [4.69, 9.17) is 5.41 Å². The van der Waals surface area contributed by atoms with Gasteiger partial charge in [0.2, 0.25) is 5.88 Å². The summed E-state index contributed by atoms with van der Waals surface area (Å²) >= 11 is 0. The zero-order valence-corrected chi connectivity index (χ0v) is 10.3. The second kappa shape index (κ2) is 4.93. The third kappa shape index (κ3) is 2.08. The van der Waals surface area contributed by atoms with Crippen molar-refractivity contribution in [2.45, 2.75) is 13.3 Å². The maximum Gasteiger partial charge on any atom is 0.335 e. The molecule has 0 aliphatic carbocycles. The number of aromatic amines is 1. The van der Waals surface area contributed by atoms with Gasteiger partial charge in [-0.05, 0) is 18.1 Å². The molecule has 0 spiro atoms. The molecule has 0 bridgehead atoms. The Kier molecular flexibility index (Phi) is 3.33. The lowest BCUT2D eigenvalue weighted by molar-refractivity contribution is 0.429. The fraction of sp³-hybridized carbons (Fsp3) is 0.154. The molecule has 0 fully saturated rings. The van der Waals surface area contributed by atoms with Crippen LogP contribution < -0.4 is 11.2 Å². The third-order valence-corrected chi connectivity index (χ3v) is 2.88. The molecule has 2 rings (SSSR count). The lowest BCUT2D eigenvalue weighted by Crippen LogP contribution is -2.31. The molecule has 1 aromatic heterocycles. The van der Waals surface area contributed by atoms with E-state index in [2.05, 4.69) is 4.98 Å². The standard InChI is InChI=1S/C13H13N3O3/c1-2-8-5-3-4-6-10(8)16-12(18)9(7-14)11(17)15-13(16)19/h3-7,14,18H,2H2,1H3,(H,15,17,19). The van der Waals surface area contributed by atoms with Crippen molar-refractivity contribution >= 4 is 6.21 Å². The normalized spacial score (nSPS) is 10.4. The van der Waals surface area contributed by atoms with Crippen LogP contribution in [0.1, 0.15) is 18.1 Å². The molecule has 98 valence electrons. The number of rotatable bonds is 3. The number of aryl methyl sites for hydroxylation is 1. The molecule has 0 radical (unpaired) electrons. The van der Waals surface area contributed by atoms with Gasteiger partial charge in [0.15, 0.2) is 0 Å². The van der Waals surface area contributed by atoms with E-state index in [0.717, 1.165) is 16.3 Å². The number of nitrogens with zero attached hydrogens (tertiary/aromatic N) is 1. The van der Waals surface area contributed by atoms with E-state index in [0.29, 0.717) is 12.1 Å². The van der Waals surface area contributed by atoms with Crippen LogP contribution in [0, 0.1) is 5.41 Å². The fourth-order valence-corrected chi connectivity index (χ4v) is 1.92. The van der Waals surface area contributed by atoms with Gasteiger partial charge >= 0.3 is 5.69 Å². The number of aromatic hydroxyl groups is 1. The fourth-order valence-electron chi connectivity index (χ4n) is 1.92. The van der Waals surface area contributed by atoms with Crippen molar-refractivity contribution in [1.82, 2.24) is 9.55 Å². The lowest BCUT2D eigenvalue weighted by Gasteiger charge is -2.12. The molecule has 0 aliphatic heterocycles. The van der Waals surface area contributed by atoms with Gasteiger partial charge in [0.25, 0.3) is 5.56 Å². The first kappa shape index (κ1) is 12.8. The first-order chi connectivity index (χ1) is 9.10. The second-order valence-corrected chi connectivity index (χ2v) is 3.96. The van der Waals surface area contributed by atoms with E-state index in [9.17, 15) is 14.7 Å². The molecule has 0 unspecified atom stereocenters. The molecule has 0 amide bonds. The van der Waals surface area contributed by atoms with Crippen molar-refractivity contribution < 1.29 is 5.11 Å². The van der Waals surface area contributed by atoms with E-state index < -0.39 is 17.1 Å². The van der Waals surface area contributed by atoms with Gasteiger partial charge in [-0.1, -0.05) is 25.1 Å². The summed E-state index contributed by atoms with van der Waals surface area (Å²) in [5, 5.41) is 17.1. The maximum absolute atomic E-state index is 11.9. The Balaban J connectivity index is 2.87. The Labute approximate surface area is 108 Å². The number of nitrogens with one attached hydrogen (secondary N) is 2. The van der Waals surface area contributed by atoms with Crippen molar-refractivity contribution in [2.75, 3.05) is 0 Å². The van der Waals surface area contributed by atoms with E-state index in [-0.39, 0.29) is 5.56 Å². The van der Waals surface area contributed by atoms with Crippen LogP contribution in [-0.2, 0) is 6.42 Å². The molecule has 6 heteroatoms. The molecular formula is C13H13N3O3. The van der Waals surface area contributed by atoms with E-state index in [1.165, 1.54) is 0 Å². The summed E-state index contributed by atoms with van der Waals surface area (Å²) in [6, 6.07) is 7.06. The predicted octanol–water partition coefficient (Wildman–Crippen LogP) is 0.791. The summed E-state index contributed by atoms with van der Waals surface area (Å²) < 4.78 is 1.00. The largest absolute Gasteiger partial charge is 0.493 e. The molecule has 0 atom stereocenters. The van der Waals surface area contributed by atoms with Gasteiger partial charge in [0.05, 0.1) is 5.69 Å². The zero-order valence-electron chi connectivity index (χ0n) is 10.3. The highest BCUT2D eigenvalue weighted by Crippen LogP contribution is 2.19. The monoisotopic (exact) mass is 259 g/mol. The third-order valence-electron chi connectivity index (χ3n) is 2.88. The van der Waals surface area contributed by atoms with Crippen LogP contribution in [0.15, 0.2) is 33.9 Å². The summed E-state index contributed by atoms with van der Waals surface area (Å²) in [6.07, 6.45) is 1.39. The van der Waals surface area contributed by atoms with Crippen LogP contribution in [0.5, 0.6) is 5.88 Å². The molecule has 3 N–H and O–H groups in total. The molecule has 0 saturated carbocycles. The van der Waals surface area contributed by atoms with Gasteiger partial charge in [-0.2, -0.15) is 0 Å². The maximum atomic E-state index is 11.9. The first-order valence-electron chi connectivity index (χ1n) is 5.77. The van der Waals surface area contributed by atoms with Crippen LogP contribution in [0.25, 0.3) is 5.69 Å². The summed E-state index contributed by atoms with van der Waals surface area (Å²) in [4.78, 5) is 25.4. The minimum Gasteiger partial charge on any atom is -0.493 e. The van der Waals surface area contributed by atoms with Gasteiger partial charge in [-0.3, -0.25) is 9.78 Å². The van der Waals surface area contributed by atoms with Crippen LogP contribution in [-0.4, -0.2) is 20.9 Å². The van der Waals surface area contributed by atoms with Gasteiger partial charge in [-0.25, -0.2) is 9.36 Å². The minimum absolute atomic E-state index is 0.245. The number of aromatic nitrogens is 2. The van der Waals surface area contributed by atoms with Gasteiger partial charge in [0.1, 0.15) is 5.56 Å². The summed E-state index contributed by atoms with van der Waals surface area (Å²) in [5.41, 5.74) is -0.406. The molecule has 1 aromatic carbocycles. The molecule has 6 nitrogen and oxygen atoms in total. The van der Waals surface area contributed by atoms with Crippen molar-refractivity contribution in [3.8, 4) is 11.6 Å². The highest BCUT2D eigenvalue weighted by molar-refractivity contribution is 5.79. The van der Waals surface area contributed by atoms with Crippen molar-refractivity contribution in [1.29, 1.82) is 5.41 Å². The van der Waals surface area contributed by atoms with Crippen molar-refractivity contribution in [2.24, 2.45) is 0 Å². The Hall–Kier alpha value is -2.63. The number of hydrogen-bond acceptors (Lipinski definition) is 4. The lowest BCUT2D eigenvalue weighted by atomic mass is 10.1. The van der Waals surface area contributed by atoms with E-state index in [1.54, 1.807) is 12.1 Å². The average molecular weight is 259 g/mol. The van der Waals surface area contributed by atoms with Crippen LogP contribution in [0.3, 0.4) is 0 Å². The van der Waals surface area contributed by atoms with Crippen LogP contribution in [0.2, 0.25) is 0 Å². The number of hydrogen-bond donors (Lipinski definition) is 3. The molecule has 0 saturated heterocycles.